The summed E-state index contributed by atoms with van der Waals surface area (Å²) in [6, 6.07) is 13.4. The molecule has 1 aliphatic heterocycles. The van der Waals surface area contributed by atoms with Crippen LogP contribution in [0.2, 0.25) is 0 Å². The molecule has 13 heteroatoms. The molecule has 1 saturated heterocycles. The Morgan fingerprint density at radius 1 is 0.977 bits per heavy atom. The first-order valence-electron chi connectivity index (χ1n) is 14.3. The normalized spacial score (nSPS) is 13.6. The molecule has 0 bridgehead atoms. The van der Waals surface area contributed by atoms with E-state index in [1.807, 2.05) is 6.07 Å². The molecule has 44 heavy (non-hydrogen) atoms. The zero-order valence-electron chi connectivity index (χ0n) is 24.9. The summed E-state index contributed by atoms with van der Waals surface area (Å²) in [4.78, 5) is 53.0. The number of aromatic nitrogens is 2. The van der Waals surface area contributed by atoms with Crippen molar-refractivity contribution < 1.29 is 32.7 Å². The Morgan fingerprint density at radius 3 is 2.32 bits per heavy atom. The number of hydrogen-bond donors (Lipinski definition) is 2. The van der Waals surface area contributed by atoms with Gasteiger partial charge < -0.3 is 25.1 Å². The number of ether oxygens (including phenoxy) is 1. The van der Waals surface area contributed by atoms with E-state index in [-0.39, 0.29) is 31.3 Å². The highest BCUT2D eigenvalue weighted by Crippen LogP contribution is 2.27. The van der Waals surface area contributed by atoms with Gasteiger partial charge in [-0.2, -0.15) is 0 Å². The lowest BCUT2D eigenvalue weighted by atomic mass is 10.0. The van der Waals surface area contributed by atoms with Gasteiger partial charge in [-0.05, 0) is 57.4 Å². The summed E-state index contributed by atoms with van der Waals surface area (Å²) >= 11 is 0. The smallest absolute Gasteiger partial charge is 0.442 e. The Kier molecular flexibility index (Phi) is 10.6. The fourth-order valence-corrected chi connectivity index (χ4v) is 4.53. The molecule has 2 aromatic carbocycles. The van der Waals surface area contributed by atoms with Gasteiger partial charge in [0.15, 0.2) is 11.6 Å². The molecule has 3 aromatic rings. The number of hydrogen-bond acceptors (Lipinski definition) is 9. The van der Waals surface area contributed by atoms with E-state index < -0.39 is 40.7 Å². The third-order valence-electron chi connectivity index (χ3n) is 6.83. The van der Waals surface area contributed by atoms with Gasteiger partial charge >= 0.3 is 12.1 Å². The molecule has 234 valence electrons. The first kappa shape index (κ1) is 32.1. The van der Waals surface area contributed by atoms with Gasteiger partial charge in [-0.1, -0.05) is 30.3 Å². The number of rotatable bonds is 9. The summed E-state index contributed by atoms with van der Waals surface area (Å²) in [7, 11) is 0. The van der Waals surface area contributed by atoms with Crippen LogP contribution in [0, 0.1) is 11.6 Å². The first-order chi connectivity index (χ1) is 21.0. The van der Waals surface area contributed by atoms with E-state index in [0.717, 1.165) is 10.6 Å². The van der Waals surface area contributed by atoms with Gasteiger partial charge in [0.2, 0.25) is 5.95 Å². The van der Waals surface area contributed by atoms with E-state index in [0.29, 0.717) is 31.9 Å². The lowest BCUT2D eigenvalue weighted by Gasteiger charge is -2.34. The Labute approximate surface area is 254 Å². The molecule has 0 radical (unpaired) electrons. The number of carbonyl (C=O) groups excluding carboxylic acids is 3. The molecule has 2 N–H and O–H groups in total. The summed E-state index contributed by atoms with van der Waals surface area (Å²) in [5.74, 6) is -3.60. The summed E-state index contributed by atoms with van der Waals surface area (Å²) in [6.07, 6.45) is 3.41. The van der Waals surface area contributed by atoms with Crippen LogP contribution in [-0.2, 0) is 21.0 Å². The summed E-state index contributed by atoms with van der Waals surface area (Å²) in [6.45, 7) is 5.67. The van der Waals surface area contributed by atoms with Gasteiger partial charge in [0, 0.05) is 38.1 Å². The monoisotopic (exact) mass is 610 g/mol. The highest BCUT2D eigenvalue weighted by molar-refractivity contribution is 5.95. The number of halogens is 2. The third-order valence-corrected chi connectivity index (χ3v) is 6.83. The van der Waals surface area contributed by atoms with Crippen molar-refractivity contribution in [2.45, 2.75) is 58.2 Å². The maximum atomic E-state index is 15.0. The van der Waals surface area contributed by atoms with E-state index in [1.54, 1.807) is 68.4 Å². The molecule has 1 fully saturated rings. The Hall–Kier alpha value is -4.81. The maximum Gasteiger partial charge on any atom is 0.444 e. The van der Waals surface area contributed by atoms with Gasteiger partial charge in [0.1, 0.15) is 6.61 Å². The number of amides is 2. The van der Waals surface area contributed by atoms with Crippen molar-refractivity contribution >= 4 is 29.6 Å². The van der Waals surface area contributed by atoms with Crippen molar-refractivity contribution in [3.63, 3.8) is 0 Å². The van der Waals surface area contributed by atoms with E-state index in [2.05, 4.69) is 20.6 Å². The van der Waals surface area contributed by atoms with E-state index in [9.17, 15) is 18.8 Å². The SMILES string of the molecule is CC(C)(C)N(OC(=O)CCNC(=O)c1ccc(N2CCC(Nc3ncccn3)CC2)c(F)c1F)C(=O)OCc1ccccc1. The quantitative estimate of drug-likeness (QED) is 0.327. The van der Waals surface area contributed by atoms with Gasteiger partial charge in [-0.3, -0.25) is 4.79 Å². The second-order valence-electron chi connectivity index (χ2n) is 11.2. The van der Waals surface area contributed by atoms with E-state index in [1.165, 1.54) is 12.1 Å². The highest BCUT2D eigenvalue weighted by Gasteiger charge is 2.32. The van der Waals surface area contributed by atoms with Gasteiger partial charge in [0.05, 0.1) is 23.2 Å². The Bertz CT molecular complexity index is 1430. The van der Waals surface area contributed by atoms with Gasteiger partial charge in [-0.25, -0.2) is 28.3 Å². The molecule has 0 spiro atoms. The molecule has 0 unspecified atom stereocenters. The molecule has 1 aliphatic rings. The molecular formula is C31H36F2N6O5. The molecule has 4 rings (SSSR count). The molecule has 2 heterocycles. The Morgan fingerprint density at radius 2 is 1.66 bits per heavy atom. The molecule has 0 atom stereocenters. The Balaban J connectivity index is 1.26. The van der Waals surface area contributed by atoms with Gasteiger partial charge in [0.25, 0.3) is 5.91 Å². The number of hydroxylamine groups is 2. The fraction of sp³-hybridized carbons (Fsp3) is 0.387. The number of piperidine rings is 1. The zero-order valence-corrected chi connectivity index (χ0v) is 24.9. The minimum atomic E-state index is -1.28. The largest absolute Gasteiger partial charge is 0.444 e. The third kappa shape index (κ3) is 8.62. The summed E-state index contributed by atoms with van der Waals surface area (Å²) in [5.41, 5.74) is -0.578. The predicted molar refractivity (Wildman–Crippen MR) is 159 cm³/mol. The highest BCUT2D eigenvalue weighted by atomic mass is 19.2. The molecule has 1 aromatic heterocycles. The molecule has 11 nitrogen and oxygen atoms in total. The number of benzene rings is 2. The second-order valence-corrected chi connectivity index (χ2v) is 11.2. The van der Waals surface area contributed by atoms with Gasteiger partial charge in [-0.15, -0.1) is 5.06 Å². The van der Waals surface area contributed by atoms with Crippen molar-refractivity contribution in [3.05, 3.63) is 83.7 Å². The lowest BCUT2D eigenvalue weighted by molar-refractivity contribution is -0.200. The first-order valence-corrected chi connectivity index (χ1v) is 14.3. The number of nitrogens with one attached hydrogen (secondary N) is 2. The van der Waals surface area contributed by atoms with Crippen LogP contribution in [0.5, 0.6) is 0 Å². The number of anilines is 2. The van der Waals surface area contributed by atoms with Crippen molar-refractivity contribution in [2.75, 3.05) is 29.9 Å². The predicted octanol–water partition coefficient (Wildman–Crippen LogP) is 4.85. The van der Waals surface area contributed by atoms with Crippen LogP contribution in [0.3, 0.4) is 0 Å². The van der Waals surface area contributed by atoms with E-state index in [4.69, 9.17) is 9.57 Å². The molecular weight excluding hydrogens is 574 g/mol. The van der Waals surface area contributed by atoms with Crippen molar-refractivity contribution in [3.8, 4) is 0 Å². The van der Waals surface area contributed by atoms with Crippen LogP contribution in [0.4, 0.5) is 25.2 Å². The fourth-order valence-electron chi connectivity index (χ4n) is 4.53. The minimum Gasteiger partial charge on any atom is -0.442 e. The average molecular weight is 611 g/mol. The van der Waals surface area contributed by atoms with Crippen molar-refractivity contribution in [1.82, 2.24) is 20.3 Å². The second kappa shape index (κ2) is 14.6. The van der Waals surface area contributed by atoms with Crippen LogP contribution in [0.15, 0.2) is 60.9 Å². The maximum absolute atomic E-state index is 15.0. The number of nitrogens with zero attached hydrogens (tertiary/aromatic N) is 4. The minimum absolute atomic E-state index is 0.0139. The standard InChI is InChI=1S/C31H36F2N6O5/c1-31(2,3)39(30(42)43-20-21-8-5-4-6-9-21)44-25(40)12-17-34-28(41)23-10-11-24(27(33)26(23)32)38-18-13-22(14-19-38)37-29-35-15-7-16-36-29/h4-11,15-16,22H,12-14,17-20H2,1-3H3,(H,34,41)(H,35,36,37). The topological polar surface area (TPSA) is 126 Å². The van der Waals surface area contributed by atoms with Crippen LogP contribution < -0.4 is 15.5 Å². The van der Waals surface area contributed by atoms with Crippen LogP contribution in [0.25, 0.3) is 0 Å². The summed E-state index contributed by atoms with van der Waals surface area (Å²) in [5, 5.41) is 6.46. The lowest BCUT2D eigenvalue weighted by Crippen LogP contribution is -2.47. The van der Waals surface area contributed by atoms with Crippen LogP contribution in [0.1, 0.15) is 56.0 Å². The van der Waals surface area contributed by atoms with Crippen LogP contribution >= 0.6 is 0 Å². The van der Waals surface area contributed by atoms with Crippen LogP contribution in [-0.4, -0.2) is 64.2 Å². The van der Waals surface area contributed by atoms with E-state index >= 15 is 4.39 Å². The summed E-state index contributed by atoms with van der Waals surface area (Å²) < 4.78 is 35.3. The number of carbonyl (C=O) groups is 3. The molecule has 0 aliphatic carbocycles. The molecule has 2 amide bonds. The average Bonchev–Trinajstić information content (AvgIpc) is 3.01. The molecule has 0 saturated carbocycles. The van der Waals surface area contributed by atoms with Crippen molar-refractivity contribution in [1.29, 1.82) is 0 Å². The van der Waals surface area contributed by atoms with Crippen molar-refractivity contribution in [2.24, 2.45) is 0 Å². The zero-order chi connectivity index (χ0) is 31.7.